The topological polar surface area (TPSA) is 60.5 Å². The van der Waals surface area contributed by atoms with Gasteiger partial charge in [0.25, 0.3) is 26.9 Å². The van der Waals surface area contributed by atoms with Crippen LogP contribution >= 0.6 is 11.3 Å². The first-order chi connectivity index (χ1) is 36.1. The fourth-order valence-corrected chi connectivity index (χ4v) is 15.4. The van der Waals surface area contributed by atoms with Crippen molar-refractivity contribution in [2.45, 2.75) is 0 Å². The lowest BCUT2D eigenvalue weighted by Crippen LogP contribution is -2.67. The van der Waals surface area contributed by atoms with Crippen molar-refractivity contribution in [2.75, 3.05) is 9.80 Å². The van der Waals surface area contributed by atoms with E-state index in [4.69, 9.17) is 18.9 Å². The zero-order valence-corrected chi connectivity index (χ0v) is 39.3. The van der Waals surface area contributed by atoms with Gasteiger partial charge < -0.3 is 28.7 Å². The standard InChI is InChI=1S/C61H30B4N2O5S/c68-61-31-25-39-47(71-51-27-49-55-59-57(51)64(39)35-15-3-9-21-43(35)66(59)41-19-7-1-13-33(41)62(55)37-17-5-11-23-45(37)69-49)29-53(31)73-54-30-48-40(26-32(54)61)65-36-16-4-10-22-44(36)67-42-20-8-2-14-34(42)63-38-18-6-12-24-46(38)70-50-28-52(72-48)58(65)60(67)56(50)63/h1-30H. The van der Waals surface area contributed by atoms with Gasteiger partial charge in [-0.25, -0.2) is 0 Å². The van der Waals surface area contributed by atoms with Crippen molar-refractivity contribution in [1.82, 2.24) is 0 Å². The zero-order chi connectivity index (χ0) is 47.1. The first-order valence-electron chi connectivity index (χ1n) is 25.0. The number of nitrogens with zero attached hydrogens (tertiary/aromatic N) is 2. The summed E-state index contributed by atoms with van der Waals surface area (Å²) in [6, 6.07) is 64.5. The third kappa shape index (κ3) is 4.50. The van der Waals surface area contributed by atoms with Gasteiger partial charge in [0, 0.05) is 66.4 Å². The molecule has 8 aliphatic rings. The van der Waals surface area contributed by atoms with Gasteiger partial charge in [-0.05, 0) is 114 Å². The van der Waals surface area contributed by atoms with Gasteiger partial charge in [0.1, 0.15) is 46.0 Å². The van der Waals surface area contributed by atoms with Crippen LogP contribution in [0.5, 0.6) is 46.0 Å². The Bertz CT molecular complexity index is 4300. The molecule has 0 aliphatic carbocycles. The number of anilines is 6. The number of hydrogen-bond acceptors (Lipinski definition) is 8. The summed E-state index contributed by atoms with van der Waals surface area (Å²) in [6.45, 7) is -0.430. The largest absolute Gasteiger partial charge is 0.458 e. The minimum Gasteiger partial charge on any atom is -0.458 e. The number of hydrogen-bond donors (Lipinski definition) is 0. The van der Waals surface area contributed by atoms with E-state index in [9.17, 15) is 0 Å². The maximum Gasteiger partial charge on any atom is 0.256 e. The second kappa shape index (κ2) is 13.0. The number of ether oxygens (including phenoxy) is 4. The first kappa shape index (κ1) is 37.9. The molecule has 0 atom stereocenters. The van der Waals surface area contributed by atoms with Crippen LogP contribution in [0.3, 0.4) is 0 Å². The highest BCUT2D eigenvalue weighted by Crippen LogP contribution is 2.48. The molecule has 0 radical (unpaired) electrons. The van der Waals surface area contributed by atoms with Crippen LogP contribution in [0.25, 0.3) is 20.2 Å². The van der Waals surface area contributed by atoms with Crippen molar-refractivity contribution in [3.63, 3.8) is 0 Å². The molecule has 0 N–H and O–H groups in total. The van der Waals surface area contributed by atoms with Crippen molar-refractivity contribution in [2.24, 2.45) is 0 Å². The van der Waals surface area contributed by atoms with Crippen LogP contribution in [0.1, 0.15) is 0 Å². The van der Waals surface area contributed by atoms with E-state index in [-0.39, 0.29) is 32.3 Å². The Kier molecular flexibility index (Phi) is 6.73. The molecule has 0 saturated carbocycles. The lowest BCUT2D eigenvalue weighted by molar-refractivity contribution is 0.465. The molecule has 0 fully saturated rings. The Labute approximate surface area is 422 Å². The molecule has 7 nitrogen and oxygen atoms in total. The maximum atomic E-state index is 15.6. The molecule has 19 rings (SSSR count). The smallest absolute Gasteiger partial charge is 0.256 e. The molecular weight excluding hydrogens is 916 g/mol. The first-order valence-corrected chi connectivity index (χ1v) is 25.8. The average molecular weight is 946 g/mol. The molecule has 9 heterocycles. The summed E-state index contributed by atoms with van der Waals surface area (Å²) >= 11 is 1.61. The van der Waals surface area contributed by atoms with Gasteiger partial charge in [-0.1, -0.05) is 121 Å². The minimum atomic E-state index is -0.193. The van der Waals surface area contributed by atoms with E-state index >= 15 is 4.79 Å². The SMILES string of the molecule is O=c1c2cc3c(cc2sc2cc4c(cc12)B1c2ccccc2N2c5ccccc5B5c6ccccc6Oc6cc(c1c2c65)O4)Oc1cc2c4c5c1B3c1ccccc1N5c1ccccc1B4c1ccccc1O2. The number of para-hydroxylation sites is 6. The van der Waals surface area contributed by atoms with E-state index in [2.05, 4.69) is 180 Å². The van der Waals surface area contributed by atoms with E-state index < -0.39 is 0 Å². The van der Waals surface area contributed by atoms with Crippen LogP contribution in [0.15, 0.2) is 187 Å². The molecular formula is C61H30B4N2O5S. The molecule has 1 aromatic heterocycles. The van der Waals surface area contributed by atoms with Crippen LogP contribution < -0.4 is 99.7 Å². The van der Waals surface area contributed by atoms with Crippen molar-refractivity contribution < 1.29 is 18.9 Å². The van der Waals surface area contributed by atoms with E-state index in [1.807, 2.05) is 12.1 Å². The van der Waals surface area contributed by atoms with Crippen molar-refractivity contribution in [3.05, 3.63) is 192 Å². The summed E-state index contributed by atoms with van der Waals surface area (Å²) in [6.07, 6.45) is 0. The normalized spacial score (nSPS) is 14.9. The van der Waals surface area contributed by atoms with Gasteiger partial charge in [0.2, 0.25) is 0 Å². The van der Waals surface area contributed by atoms with Crippen LogP contribution in [-0.2, 0) is 0 Å². The summed E-state index contributed by atoms with van der Waals surface area (Å²) < 4.78 is 29.6. The third-order valence-electron chi connectivity index (χ3n) is 17.1. The quantitative estimate of drug-likeness (QED) is 0.135. The molecule has 12 heteroatoms. The predicted octanol–water partition coefficient (Wildman–Crippen LogP) is 6.10. The molecule has 0 spiro atoms. The fraction of sp³-hybridized carbons (Fsp3) is 0. The molecule has 332 valence electrons. The highest BCUT2D eigenvalue weighted by atomic mass is 32.1. The molecule has 0 unspecified atom stereocenters. The Hall–Kier alpha value is -8.85. The van der Waals surface area contributed by atoms with E-state index in [0.717, 1.165) is 133 Å². The van der Waals surface area contributed by atoms with E-state index in [1.54, 1.807) is 11.3 Å². The Balaban J connectivity index is 0.827. The second-order valence-corrected chi connectivity index (χ2v) is 21.5. The lowest BCUT2D eigenvalue weighted by atomic mass is 9.29. The second-order valence-electron chi connectivity index (χ2n) is 20.4. The van der Waals surface area contributed by atoms with Crippen molar-refractivity contribution in [3.8, 4) is 46.0 Å². The van der Waals surface area contributed by atoms with Gasteiger partial charge in [0.05, 0.1) is 0 Å². The molecule has 8 aliphatic heterocycles. The monoisotopic (exact) mass is 946 g/mol. The van der Waals surface area contributed by atoms with Crippen LogP contribution in [0, 0.1) is 0 Å². The lowest BCUT2D eigenvalue weighted by Gasteiger charge is -2.47. The average Bonchev–Trinajstić information content (AvgIpc) is 3.49. The Morgan fingerprint density at radius 2 is 0.630 bits per heavy atom. The number of fused-ring (bicyclic) bond motifs is 22. The van der Waals surface area contributed by atoms with Gasteiger partial charge in [-0.2, -0.15) is 0 Å². The fourth-order valence-electron chi connectivity index (χ4n) is 14.3. The summed E-state index contributed by atoms with van der Waals surface area (Å²) in [5.41, 5.74) is 20.3. The van der Waals surface area contributed by atoms with Gasteiger partial charge in [-0.3, -0.25) is 4.79 Å². The molecule has 0 amide bonds. The van der Waals surface area contributed by atoms with Crippen LogP contribution in [-0.4, -0.2) is 26.9 Å². The molecule has 11 aromatic rings. The third-order valence-corrected chi connectivity index (χ3v) is 18.2. The molecule has 10 aromatic carbocycles. The molecule has 0 saturated heterocycles. The zero-order valence-electron chi connectivity index (χ0n) is 38.5. The summed E-state index contributed by atoms with van der Waals surface area (Å²) in [4.78, 5) is 20.4. The summed E-state index contributed by atoms with van der Waals surface area (Å²) in [5, 5.41) is 1.36. The minimum absolute atomic E-state index is 0.000977. The van der Waals surface area contributed by atoms with E-state index in [0.29, 0.717) is 10.8 Å². The van der Waals surface area contributed by atoms with Crippen LogP contribution in [0.4, 0.5) is 34.1 Å². The molecule has 0 bridgehead atoms. The summed E-state index contributed by atoms with van der Waals surface area (Å²) in [5.74, 6) is 6.36. The highest BCUT2D eigenvalue weighted by molar-refractivity contribution is 7.24. The van der Waals surface area contributed by atoms with Gasteiger partial charge in [-0.15, -0.1) is 11.3 Å². The Morgan fingerprint density at radius 3 is 1.01 bits per heavy atom. The van der Waals surface area contributed by atoms with Crippen molar-refractivity contribution >= 4 is 158 Å². The number of benzene rings is 10. The van der Waals surface area contributed by atoms with E-state index in [1.165, 1.54) is 21.9 Å². The Morgan fingerprint density at radius 1 is 0.315 bits per heavy atom. The van der Waals surface area contributed by atoms with Crippen molar-refractivity contribution in [1.29, 1.82) is 0 Å². The number of rotatable bonds is 0. The van der Waals surface area contributed by atoms with Crippen LogP contribution in [0.2, 0.25) is 0 Å². The molecule has 73 heavy (non-hydrogen) atoms. The van der Waals surface area contributed by atoms with Gasteiger partial charge in [0.15, 0.2) is 5.43 Å². The van der Waals surface area contributed by atoms with Gasteiger partial charge >= 0.3 is 0 Å². The highest BCUT2D eigenvalue weighted by Gasteiger charge is 2.52. The predicted molar refractivity (Wildman–Crippen MR) is 300 cm³/mol. The maximum absolute atomic E-state index is 15.6. The summed E-state index contributed by atoms with van der Waals surface area (Å²) in [7, 11) is 0.